The number of piperidine rings is 1. The molecule has 0 bridgehead atoms. The number of nitrogen functional groups attached to an aromatic ring is 1. The van der Waals surface area contributed by atoms with E-state index in [4.69, 9.17) is 15.2 Å². The smallest absolute Gasteiger partial charge is 0.248 e. The van der Waals surface area contributed by atoms with Crippen LogP contribution in [0.25, 0.3) is 11.5 Å². The highest BCUT2D eigenvalue weighted by molar-refractivity contribution is 9.10. The largest absolute Gasteiger partial charge is 0.504 e. The Hall–Kier alpha value is -2.61. The van der Waals surface area contributed by atoms with Crippen molar-refractivity contribution in [2.24, 2.45) is 5.92 Å². The fourth-order valence-electron chi connectivity index (χ4n) is 4.04. The van der Waals surface area contributed by atoms with Gasteiger partial charge >= 0.3 is 0 Å². The minimum atomic E-state index is -0.223. The number of halogens is 1. The fourth-order valence-corrected chi connectivity index (χ4v) is 5.40. The third kappa shape index (κ3) is 6.38. The van der Waals surface area contributed by atoms with Gasteiger partial charge in [-0.3, -0.25) is 4.79 Å². The molecule has 0 aromatic heterocycles. The van der Waals surface area contributed by atoms with E-state index in [1.807, 2.05) is 9.47 Å². The first-order valence-electron chi connectivity index (χ1n) is 11.6. The Morgan fingerprint density at radius 1 is 1.22 bits per heavy atom. The number of aromatic hydroxyl groups is 2. The van der Waals surface area contributed by atoms with Gasteiger partial charge in [-0.05, 0) is 65.0 Å². The third-order valence-electron chi connectivity index (χ3n) is 6.10. The number of hydrogen-bond donors (Lipinski definition) is 3. The molecule has 4 rings (SSSR count). The molecular formula is C23H29BrN6O5S. The molecule has 3 aliphatic rings. The Kier molecular flexibility index (Phi) is 8.88. The molecule has 0 spiro atoms. The molecule has 11 nitrogen and oxygen atoms in total. The number of likely N-dealkylation sites (tertiary alicyclic amines) is 1. The molecule has 194 valence electrons. The maximum Gasteiger partial charge on any atom is 0.248 e. The SMILES string of the molecule is COCCOCC(=O)N1CCC(CCn2cnc(N)c3nc(Sc4cc(O)c(O)cc4Br)nc2-3)CC1. The highest BCUT2D eigenvalue weighted by atomic mass is 79.9. The van der Waals surface area contributed by atoms with Gasteiger partial charge in [0.1, 0.15) is 6.61 Å². The molecule has 0 atom stereocenters. The van der Waals surface area contributed by atoms with E-state index in [0.29, 0.717) is 57.5 Å². The van der Waals surface area contributed by atoms with Gasteiger partial charge in [-0.15, -0.1) is 0 Å². The van der Waals surface area contributed by atoms with Gasteiger partial charge in [0.15, 0.2) is 34.0 Å². The first kappa shape index (κ1) is 26.5. The van der Waals surface area contributed by atoms with Crippen LogP contribution in [0, 0.1) is 5.92 Å². The maximum absolute atomic E-state index is 12.3. The molecule has 1 fully saturated rings. The number of ether oxygens (including phenoxy) is 2. The molecule has 0 saturated carbocycles. The summed E-state index contributed by atoms with van der Waals surface area (Å²) in [6, 6.07) is 2.87. The summed E-state index contributed by atoms with van der Waals surface area (Å²) in [7, 11) is 1.60. The van der Waals surface area contributed by atoms with Crippen molar-refractivity contribution >= 4 is 39.4 Å². The molecule has 1 aromatic rings. The lowest BCUT2D eigenvalue weighted by Gasteiger charge is -2.32. The fraction of sp³-hybridized carbons (Fsp3) is 0.478. The molecular weight excluding hydrogens is 552 g/mol. The Morgan fingerprint density at radius 3 is 2.72 bits per heavy atom. The summed E-state index contributed by atoms with van der Waals surface area (Å²) in [6.45, 7) is 3.14. The second-order valence-corrected chi connectivity index (χ2v) is 10.4. The van der Waals surface area contributed by atoms with Crippen LogP contribution >= 0.6 is 27.7 Å². The number of aryl methyl sites for hydroxylation is 1. The van der Waals surface area contributed by atoms with Crippen LogP contribution in [0.5, 0.6) is 11.5 Å². The van der Waals surface area contributed by atoms with Gasteiger partial charge in [0.2, 0.25) is 5.91 Å². The van der Waals surface area contributed by atoms with Crippen LogP contribution < -0.4 is 5.73 Å². The normalized spacial score (nSPS) is 14.6. The van der Waals surface area contributed by atoms with Crippen LogP contribution in [0.1, 0.15) is 19.3 Å². The number of rotatable bonds is 10. The van der Waals surface area contributed by atoms with Crippen LogP contribution in [-0.2, 0) is 20.8 Å². The minimum absolute atomic E-state index is 0.0223. The number of anilines is 1. The van der Waals surface area contributed by atoms with Gasteiger partial charge in [0.05, 0.1) is 19.5 Å². The summed E-state index contributed by atoms with van der Waals surface area (Å²) in [6.07, 6.45) is 4.47. The van der Waals surface area contributed by atoms with Gasteiger partial charge in [-0.2, -0.15) is 0 Å². The number of phenols is 2. The lowest BCUT2D eigenvalue weighted by molar-refractivity contribution is -0.138. The number of carbonyl (C=O) groups excluding carboxylic acids is 1. The number of hydrogen-bond acceptors (Lipinski definition) is 10. The molecule has 0 aliphatic carbocycles. The molecule has 3 heterocycles. The summed E-state index contributed by atoms with van der Waals surface area (Å²) in [5, 5.41) is 20.0. The molecule has 4 N–H and O–H groups in total. The average molecular weight is 581 g/mol. The summed E-state index contributed by atoms with van der Waals surface area (Å²) in [4.78, 5) is 28.3. The zero-order chi connectivity index (χ0) is 25.7. The molecule has 1 amide bonds. The number of methoxy groups -OCH3 is 1. The minimum Gasteiger partial charge on any atom is -0.504 e. The molecule has 0 unspecified atom stereocenters. The summed E-state index contributed by atoms with van der Waals surface area (Å²) in [5.74, 6) is 1.01. The summed E-state index contributed by atoms with van der Waals surface area (Å²) < 4.78 is 12.8. The predicted molar refractivity (Wildman–Crippen MR) is 137 cm³/mol. The van der Waals surface area contributed by atoms with Crippen molar-refractivity contribution < 1.29 is 24.5 Å². The van der Waals surface area contributed by atoms with E-state index in [0.717, 1.165) is 32.4 Å². The lowest BCUT2D eigenvalue weighted by atomic mass is 9.93. The number of nitrogens with zero attached hydrogens (tertiary/aromatic N) is 5. The third-order valence-corrected chi connectivity index (χ3v) is 7.95. The molecule has 3 aliphatic heterocycles. The van der Waals surface area contributed by atoms with Crippen molar-refractivity contribution in [1.82, 2.24) is 24.4 Å². The van der Waals surface area contributed by atoms with Gasteiger partial charge in [0, 0.05) is 36.1 Å². The van der Waals surface area contributed by atoms with Gasteiger partial charge < -0.3 is 34.9 Å². The second-order valence-electron chi connectivity index (χ2n) is 8.53. The molecule has 13 heteroatoms. The monoisotopic (exact) mass is 580 g/mol. The van der Waals surface area contributed by atoms with Crippen LogP contribution in [0.4, 0.5) is 5.82 Å². The predicted octanol–water partition coefficient (Wildman–Crippen LogP) is 2.98. The van der Waals surface area contributed by atoms with E-state index in [-0.39, 0.29) is 24.0 Å². The molecule has 1 aromatic carbocycles. The highest BCUT2D eigenvalue weighted by Crippen LogP contribution is 2.40. The van der Waals surface area contributed by atoms with Gasteiger partial charge in [-0.25, -0.2) is 15.0 Å². The zero-order valence-electron chi connectivity index (χ0n) is 19.9. The number of aromatic nitrogens is 4. The van der Waals surface area contributed by atoms with Crippen LogP contribution in [0.2, 0.25) is 0 Å². The average Bonchev–Trinajstić information content (AvgIpc) is 3.30. The summed E-state index contributed by atoms with van der Waals surface area (Å²) in [5.41, 5.74) is 6.59. The first-order valence-corrected chi connectivity index (χ1v) is 13.2. The van der Waals surface area contributed by atoms with E-state index < -0.39 is 0 Å². The maximum atomic E-state index is 12.3. The number of benzene rings is 1. The summed E-state index contributed by atoms with van der Waals surface area (Å²) >= 11 is 4.63. The zero-order valence-corrected chi connectivity index (χ0v) is 22.3. The van der Waals surface area contributed by atoms with E-state index in [2.05, 4.69) is 30.9 Å². The van der Waals surface area contributed by atoms with E-state index in [9.17, 15) is 15.0 Å². The number of imidazole rings is 1. The Morgan fingerprint density at radius 2 is 1.97 bits per heavy atom. The quantitative estimate of drug-likeness (QED) is 0.241. The van der Waals surface area contributed by atoms with Crippen molar-refractivity contribution in [3.63, 3.8) is 0 Å². The highest BCUT2D eigenvalue weighted by Gasteiger charge is 2.24. The van der Waals surface area contributed by atoms with E-state index >= 15 is 0 Å². The first-order chi connectivity index (χ1) is 17.4. The van der Waals surface area contributed by atoms with Gasteiger partial charge in [0.25, 0.3) is 0 Å². The van der Waals surface area contributed by atoms with Crippen molar-refractivity contribution in [3.05, 3.63) is 22.9 Å². The second kappa shape index (κ2) is 12.1. The van der Waals surface area contributed by atoms with Crippen molar-refractivity contribution in [2.45, 2.75) is 35.9 Å². The van der Waals surface area contributed by atoms with Crippen LogP contribution in [0.15, 0.2) is 33.0 Å². The number of nitrogens with two attached hydrogens (primary N) is 1. The number of fused-ring (bicyclic) bond motifs is 1. The van der Waals surface area contributed by atoms with Crippen LogP contribution in [0.3, 0.4) is 0 Å². The Bertz CT molecular complexity index is 1170. The lowest BCUT2D eigenvalue weighted by Crippen LogP contribution is -2.40. The van der Waals surface area contributed by atoms with Crippen molar-refractivity contribution in [1.29, 1.82) is 0 Å². The molecule has 36 heavy (non-hydrogen) atoms. The topological polar surface area (TPSA) is 149 Å². The van der Waals surface area contributed by atoms with Crippen molar-refractivity contribution in [3.8, 4) is 23.0 Å². The molecule has 1 saturated heterocycles. The van der Waals surface area contributed by atoms with Crippen molar-refractivity contribution in [2.75, 3.05) is 45.8 Å². The standard InChI is InChI=1S/C23H29BrN6O5S/c1-34-8-9-35-12-19(33)29-5-2-14(3-6-29)4-7-30-13-26-21(25)20-22(30)28-23(27-20)36-18-11-17(32)16(31)10-15(18)24/h10-11,13-14,31-32H,2-9,12,25H2,1H3. The van der Waals surface area contributed by atoms with E-state index in [1.165, 1.54) is 23.9 Å². The Balaban J connectivity index is 1.35. The van der Waals surface area contributed by atoms with Crippen LogP contribution in [-0.4, -0.2) is 80.6 Å². The number of amides is 1. The Labute approximate surface area is 221 Å². The molecule has 0 radical (unpaired) electrons. The van der Waals surface area contributed by atoms with E-state index in [1.54, 1.807) is 13.4 Å². The van der Waals surface area contributed by atoms with Gasteiger partial charge in [-0.1, -0.05) is 0 Å². The number of phenolic OH excluding ortho intramolecular Hbond substituents is 2. The number of carbonyl (C=O) groups is 1.